The zero-order valence-corrected chi connectivity index (χ0v) is 17.7. The molecule has 1 fully saturated rings. The zero-order valence-electron chi connectivity index (χ0n) is 16.9. The van der Waals surface area contributed by atoms with Crippen LogP contribution in [-0.2, 0) is 13.1 Å². The minimum absolute atomic E-state index is 0.128. The normalized spacial score (nSPS) is 15.7. The van der Waals surface area contributed by atoms with Crippen LogP contribution in [0, 0.1) is 12.7 Å². The third kappa shape index (κ3) is 4.86. The molecule has 3 aromatic heterocycles. The zero-order chi connectivity index (χ0) is 21.1. The van der Waals surface area contributed by atoms with Gasteiger partial charge in [-0.25, -0.2) is 4.39 Å². The second kappa shape index (κ2) is 9.20. The number of pyridine rings is 3. The average Bonchev–Trinajstić information content (AvgIpc) is 2.74. The van der Waals surface area contributed by atoms with Crippen molar-refractivity contribution >= 4 is 22.6 Å². The summed E-state index contributed by atoms with van der Waals surface area (Å²) in [5.74, 6) is -0.432. The van der Waals surface area contributed by atoms with Crippen molar-refractivity contribution in [1.29, 1.82) is 0 Å². The van der Waals surface area contributed by atoms with Gasteiger partial charge in [-0.2, -0.15) is 0 Å². The fraction of sp³-hybridized carbons (Fsp3) is 0.409. The molecule has 0 amide bonds. The molecule has 4 heterocycles. The fourth-order valence-corrected chi connectivity index (χ4v) is 4.07. The molecule has 0 saturated carbocycles. The molecular formula is C22H25ClFN5O. The summed E-state index contributed by atoms with van der Waals surface area (Å²) in [6.07, 6.45) is 5.11. The second-order valence-electron chi connectivity index (χ2n) is 7.79. The van der Waals surface area contributed by atoms with Gasteiger partial charge in [-0.1, -0.05) is 11.6 Å². The highest BCUT2D eigenvalue weighted by atomic mass is 35.5. The Morgan fingerprint density at radius 2 is 1.97 bits per heavy atom. The summed E-state index contributed by atoms with van der Waals surface area (Å²) in [6.45, 7) is 5.83. The van der Waals surface area contributed by atoms with Crippen molar-refractivity contribution < 1.29 is 4.39 Å². The van der Waals surface area contributed by atoms with Crippen molar-refractivity contribution in [3.05, 3.63) is 69.1 Å². The molecule has 6 nitrogen and oxygen atoms in total. The van der Waals surface area contributed by atoms with Gasteiger partial charge in [0.25, 0.3) is 5.56 Å². The van der Waals surface area contributed by atoms with Crippen LogP contribution in [0.4, 0.5) is 4.39 Å². The van der Waals surface area contributed by atoms with Crippen LogP contribution in [0.25, 0.3) is 11.0 Å². The molecule has 1 N–H and O–H groups in total. The molecule has 1 aliphatic rings. The van der Waals surface area contributed by atoms with Gasteiger partial charge in [-0.15, -0.1) is 0 Å². The summed E-state index contributed by atoms with van der Waals surface area (Å²) in [4.78, 5) is 23.0. The maximum absolute atomic E-state index is 13.6. The predicted molar refractivity (Wildman–Crippen MR) is 116 cm³/mol. The van der Waals surface area contributed by atoms with E-state index in [4.69, 9.17) is 11.6 Å². The third-order valence-corrected chi connectivity index (χ3v) is 6.09. The SMILES string of the molecule is Cc1ncc(CNC2CCN(CCn3c(=O)ccc4ncc(F)cc43)CC2)cc1Cl. The topological polar surface area (TPSA) is 63.1 Å². The molecule has 30 heavy (non-hydrogen) atoms. The predicted octanol–water partition coefficient (Wildman–Crippen LogP) is 3.15. The van der Waals surface area contributed by atoms with Crippen LogP contribution in [0.15, 0.2) is 41.5 Å². The molecule has 0 bridgehead atoms. The number of aryl methyl sites for hydroxylation is 1. The van der Waals surface area contributed by atoms with E-state index in [1.54, 1.807) is 10.6 Å². The van der Waals surface area contributed by atoms with Gasteiger partial charge in [0, 0.05) is 44.0 Å². The number of hydrogen-bond donors (Lipinski definition) is 1. The molecule has 0 spiro atoms. The number of fused-ring (bicyclic) bond motifs is 1. The number of aromatic nitrogens is 3. The van der Waals surface area contributed by atoms with Gasteiger partial charge < -0.3 is 14.8 Å². The highest BCUT2D eigenvalue weighted by molar-refractivity contribution is 6.31. The minimum atomic E-state index is -0.432. The summed E-state index contributed by atoms with van der Waals surface area (Å²) >= 11 is 6.15. The Hall–Kier alpha value is -2.35. The number of piperidine rings is 1. The smallest absolute Gasteiger partial charge is 0.251 e. The lowest BCUT2D eigenvalue weighted by molar-refractivity contribution is 0.191. The molecule has 4 rings (SSSR count). The number of likely N-dealkylation sites (tertiary alicyclic amines) is 1. The first-order valence-electron chi connectivity index (χ1n) is 10.2. The molecular weight excluding hydrogens is 405 g/mol. The summed E-state index contributed by atoms with van der Waals surface area (Å²) in [5.41, 5.74) is 2.98. The van der Waals surface area contributed by atoms with Crippen LogP contribution in [-0.4, -0.2) is 45.1 Å². The Morgan fingerprint density at radius 3 is 2.73 bits per heavy atom. The van der Waals surface area contributed by atoms with Gasteiger partial charge in [0.15, 0.2) is 0 Å². The van der Waals surface area contributed by atoms with Crippen LogP contribution in [0.3, 0.4) is 0 Å². The summed E-state index contributed by atoms with van der Waals surface area (Å²) in [7, 11) is 0. The van der Waals surface area contributed by atoms with E-state index in [2.05, 4.69) is 20.2 Å². The monoisotopic (exact) mass is 429 g/mol. The van der Waals surface area contributed by atoms with Crippen LogP contribution in [0.5, 0.6) is 0 Å². The maximum Gasteiger partial charge on any atom is 0.251 e. The van der Waals surface area contributed by atoms with E-state index in [-0.39, 0.29) is 5.56 Å². The first-order chi connectivity index (χ1) is 14.5. The maximum atomic E-state index is 13.6. The molecule has 0 unspecified atom stereocenters. The summed E-state index contributed by atoms with van der Waals surface area (Å²) in [5, 5.41) is 4.29. The average molecular weight is 430 g/mol. The number of hydrogen-bond acceptors (Lipinski definition) is 5. The first-order valence-corrected chi connectivity index (χ1v) is 10.6. The van der Waals surface area contributed by atoms with Gasteiger partial charge in [0.05, 0.1) is 27.9 Å². The highest BCUT2D eigenvalue weighted by Gasteiger charge is 2.19. The van der Waals surface area contributed by atoms with Crippen molar-refractivity contribution in [2.24, 2.45) is 0 Å². The quantitative estimate of drug-likeness (QED) is 0.652. The number of rotatable bonds is 6. The molecule has 158 valence electrons. The lowest BCUT2D eigenvalue weighted by Crippen LogP contribution is -2.43. The van der Waals surface area contributed by atoms with E-state index in [1.807, 2.05) is 19.2 Å². The molecule has 0 atom stereocenters. The summed E-state index contributed by atoms with van der Waals surface area (Å²) < 4.78 is 15.2. The minimum Gasteiger partial charge on any atom is -0.310 e. The van der Waals surface area contributed by atoms with Crippen molar-refractivity contribution in [3.63, 3.8) is 0 Å². The fourth-order valence-electron chi connectivity index (χ4n) is 3.88. The van der Waals surface area contributed by atoms with Gasteiger partial charge in [0.2, 0.25) is 0 Å². The number of halogens is 2. The van der Waals surface area contributed by atoms with Gasteiger partial charge in [-0.05, 0) is 50.6 Å². The van der Waals surface area contributed by atoms with Crippen molar-refractivity contribution in [1.82, 2.24) is 24.8 Å². The molecule has 0 aliphatic carbocycles. The summed E-state index contributed by atoms with van der Waals surface area (Å²) in [6, 6.07) is 6.93. The van der Waals surface area contributed by atoms with Crippen LogP contribution >= 0.6 is 11.6 Å². The molecule has 1 saturated heterocycles. The van der Waals surface area contributed by atoms with Crippen molar-refractivity contribution in [2.45, 2.75) is 38.9 Å². The van der Waals surface area contributed by atoms with E-state index in [0.717, 1.165) is 50.3 Å². The Bertz CT molecular complexity index is 1090. The largest absolute Gasteiger partial charge is 0.310 e. The first kappa shape index (κ1) is 20.9. The van der Waals surface area contributed by atoms with E-state index >= 15 is 0 Å². The van der Waals surface area contributed by atoms with Crippen LogP contribution < -0.4 is 10.9 Å². The Balaban J connectivity index is 1.30. The standard InChI is InChI=1S/C22H25ClFN5O/c1-15-19(23)10-16(12-25-15)13-26-18-4-6-28(7-5-18)8-9-29-21-11-17(24)14-27-20(21)2-3-22(29)30/h2-3,10-12,14,18,26H,4-9,13H2,1H3. The van der Waals surface area contributed by atoms with Crippen LogP contribution in [0.2, 0.25) is 5.02 Å². The van der Waals surface area contributed by atoms with E-state index < -0.39 is 5.82 Å². The molecule has 1 aliphatic heterocycles. The lowest BCUT2D eigenvalue weighted by Gasteiger charge is -2.32. The third-order valence-electron chi connectivity index (χ3n) is 5.71. The van der Waals surface area contributed by atoms with Crippen molar-refractivity contribution in [3.8, 4) is 0 Å². The van der Waals surface area contributed by atoms with Crippen molar-refractivity contribution in [2.75, 3.05) is 19.6 Å². The highest BCUT2D eigenvalue weighted by Crippen LogP contribution is 2.16. The Morgan fingerprint density at radius 1 is 1.17 bits per heavy atom. The molecule has 0 aromatic carbocycles. The Kier molecular flexibility index (Phi) is 6.41. The molecule has 3 aromatic rings. The van der Waals surface area contributed by atoms with E-state index in [9.17, 15) is 9.18 Å². The van der Waals surface area contributed by atoms with Crippen LogP contribution in [0.1, 0.15) is 24.1 Å². The van der Waals surface area contributed by atoms with Gasteiger partial charge in [-0.3, -0.25) is 14.8 Å². The Labute approximate surface area is 179 Å². The lowest BCUT2D eigenvalue weighted by atomic mass is 10.0. The number of nitrogens with zero attached hydrogens (tertiary/aromatic N) is 4. The van der Waals surface area contributed by atoms with Gasteiger partial charge in [0.1, 0.15) is 5.82 Å². The van der Waals surface area contributed by atoms with E-state index in [1.165, 1.54) is 18.3 Å². The number of nitrogens with one attached hydrogen (secondary N) is 1. The van der Waals surface area contributed by atoms with Gasteiger partial charge >= 0.3 is 0 Å². The second-order valence-corrected chi connectivity index (χ2v) is 8.20. The molecule has 8 heteroatoms. The molecule has 0 radical (unpaired) electrons. The van der Waals surface area contributed by atoms with E-state index in [0.29, 0.717) is 28.6 Å².